The Hall–Kier alpha value is -1.80. The normalized spacial score (nSPS) is 13.2. The molecule has 0 bridgehead atoms. The fraction of sp³-hybridized carbons (Fsp3) is 0.333. The number of fused-ring (bicyclic) bond motifs is 1. The van der Waals surface area contributed by atoms with Crippen LogP contribution in [0.5, 0.6) is 0 Å². The molecule has 0 radical (unpaired) electrons. The molecule has 2 aromatic rings. The maximum Gasteiger partial charge on any atom is 0.0483 e. The van der Waals surface area contributed by atoms with Gasteiger partial charge in [-0.3, -0.25) is 0 Å². The highest BCUT2D eigenvalue weighted by molar-refractivity contribution is 5.79. The highest BCUT2D eigenvalue weighted by Crippen LogP contribution is 2.17. The van der Waals surface area contributed by atoms with E-state index in [-0.39, 0.29) is 0 Å². The molecule has 2 rings (SSSR count). The molecular weight excluding hydrogens is 244 g/mol. The molecule has 1 heterocycles. The van der Waals surface area contributed by atoms with Crippen LogP contribution in [0.2, 0.25) is 0 Å². The molecule has 0 saturated heterocycles. The van der Waals surface area contributed by atoms with Gasteiger partial charge in [-0.15, -0.1) is 0 Å². The van der Waals surface area contributed by atoms with Crippen molar-refractivity contribution in [3.05, 3.63) is 59.8 Å². The van der Waals surface area contributed by atoms with E-state index in [0.29, 0.717) is 6.54 Å². The number of hydrogen-bond acceptors (Lipinski definition) is 1. The van der Waals surface area contributed by atoms with Gasteiger partial charge in [0.1, 0.15) is 0 Å². The molecule has 1 aromatic carbocycles. The summed E-state index contributed by atoms with van der Waals surface area (Å²) in [7, 11) is 0. The van der Waals surface area contributed by atoms with E-state index in [1.807, 2.05) is 0 Å². The first-order chi connectivity index (χ1) is 9.70. The van der Waals surface area contributed by atoms with Gasteiger partial charge in [0.25, 0.3) is 0 Å². The van der Waals surface area contributed by atoms with Crippen LogP contribution in [-0.2, 0) is 6.54 Å². The predicted octanol–water partition coefficient (Wildman–Crippen LogP) is 4.27. The van der Waals surface area contributed by atoms with Crippen molar-refractivity contribution in [2.75, 3.05) is 6.54 Å². The van der Waals surface area contributed by atoms with Crippen molar-refractivity contribution >= 4 is 10.9 Å². The average molecular weight is 268 g/mol. The van der Waals surface area contributed by atoms with Crippen LogP contribution in [0.15, 0.2) is 59.8 Å². The van der Waals surface area contributed by atoms with Gasteiger partial charge in [0, 0.05) is 24.8 Å². The topological polar surface area (TPSA) is 30.9 Å². The number of para-hydroxylation sites is 1. The van der Waals surface area contributed by atoms with Crippen LogP contribution in [0.4, 0.5) is 0 Å². The van der Waals surface area contributed by atoms with Crippen molar-refractivity contribution in [1.82, 2.24) is 4.57 Å². The summed E-state index contributed by atoms with van der Waals surface area (Å²) in [6.45, 7) is 5.96. The molecule has 2 N–H and O–H groups in total. The molecule has 0 saturated carbocycles. The van der Waals surface area contributed by atoms with Crippen LogP contribution in [0.25, 0.3) is 10.9 Å². The van der Waals surface area contributed by atoms with E-state index in [1.165, 1.54) is 22.0 Å². The van der Waals surface area contributed by atoms with E-state index in [4.69, 9.17) is 5.73 Å². The maximum absolute atomic E-state index is 5.51. The number of nitrogens with zero attached hydrogens (tertiary/aromatic N) is 1. The highest BCUT2D eigenvalue weighted by Gasteiger charge is 2.00. The number of aromatic nitrogens is 1. The van der Waals surface area contributed by atoms with E-state index < -0.39 is 0 Å². The van der Waals surface area contributed by atoms with Crippen LogP contribution in [0.3, 0.4) is 0 Å². The van der Waals surface area contributed by atoms with Gasteiger partial charge in [0.2, 0.25) is 0 Å². The molecule has 0 fully saturated rings. The van der Waals surface area contributed by atoms with Crippen LogP contribution < -0.4 is 5.73 Å². The summed E-state index contributed by atoms with van der Waals surface area (Å²) >= 11 is 0. The zero-order valence-corrected chi connectivity index (χ0v) is 12.5. The molecule has 0 aliphatic rings. The van der Waals surface area contributed by atoms with E-state index in [2.05, 4.69) is 67.1 Å². The molecule has 2 heteroatoms. The number of benzene rings is 1. The van der Waals surface area contributed by atoms with Gasteiger partial charge in [0.05, 0.1) is 0 Å². The zero-order valence-electron chi connectivity index (χ0n) is 12.5. The lowest BCUT2D eigenvalue weighted by atomic mass is 10.1. The van der Waals surface area contributed by atoms with Gasteiger partial charge < -0.3 is 10.3 Å². The van der Waals surface area contributed by atoms with Gasteiger partial charge in [-0.05, 0) is 44.2 Å². The van der Waals surface area contributed by atoms with Crippen LogP contribution in [-0.4, -0.2) is 11.1 Å². The summed E-state index contributed by atoms with van der Waals surface area (Å²) in [6.07, 6.45) is 8.79. The lowest BCUT2D eigenvalue weighted by Crippen LogP contribution is -1.97. The van der Waals surface area contributed by atoms with Gasteiger partial charge in [-0.25, -0.2) is 0 Å². The average Bonchev–Trinajstić information content (AvgIpc) is 2.83. The van der Waals surface area contributed by atoms with Crippen molar-refractivity contribution in [2.45, 2.75) is 33.2 Å². The first-order valence-electron chi connectivity index (χ1n) is 7.26. The number of rotatable bonds is 6. The van der Waals surface area contributed by atoms with Gasteiger partial charge >= 0.3 is 0 Å². The fourth-order valence-corrected chi connectivity index (χ4v) is 2.46. The minimum atomic E-state index is 0.643. The highest BCUT2D eigenvalue weighted by atomic mass is 14.9. The molecule has 0 atom stereocenters. The molecule has 2 nitrogen and oxygen atoms in total. The van der Waals surface area contributed by atoms with E-state index in [1.54, 1.807) is 0 Å². The van der Waals surface area contributed by atoms with Crippen molar-refractivity contribution in [1.29, 1.82) is 0 Å². The van der Waals surface area contributed by atoms with E-state index in [9.17, 15) is 0 Å². The number of allylic oxidation sites excluding steroid dienone is 3. The smallest absolute Gasteiger partial charge is 0.0483 e. The Morgan fingerprint density at radius 2 is 1.90 bits per heavy atom. The largest absolute Gasteiger partial charge is 0.343 e. The molecule has 0 amide bonds. The SMILES string of the molecule is C/C(=C\CN)CC/C=C(\C)Cn1ccc2ccccc21. The minimum Gasteiger partial charge on any atom is -0.343 e. The van der Waals surface area contributed by atoms with E-state index in [0.717, 1.165) is 19.4 Å². The number of hydrogen-bond donors (Lipinski definition) is 1. The Labute approximate surface area is 121 Å². The van der Waals surface area contributed by atoms with Crippen molar-refractivity contribution in [2.24, 2.45) is 5.73 Å². The lowest BCUT2D eigenvalue weighted by Gasteiger charge is -2.06. The third-order valence-electron chi connectivity index (χ3n) is 3.60. The molecule has 106 valence electrons. The third kappa shape index (κ3) is 3.84. The van der Waals surface area contributed by atoms with Crippen molar-refractivity contribution < 1.29 is 0 Å². The molecular formula is C18H24N2. The monoisotopic (exact) mass is 268 g/mol. The lowest BCUT2D eigenvalue weighted by molar-refractivity contribution is 0.808. The Morgan fingerprint density at radius 1 is 1.10 bits per heavy atom. The summed E-state index contributed by atoms with van der Waals surface area (Å²) in [4.78, 5) is 0. The maximum atomic E-state index is 5.51. The molecule has 0 aliphatic carbocycles. The Balaban J connectivity index is 1.97. The summed E-state index contributed by atoms with van der Waals surface area (Å²) in [6, 6.07) is 10.7. The van der Waals surface area contributed by atoms with Gasteiger partial charge in [-0.1, -0.05) is 41.5 Å². The summed E-state index contributed by atoms with van der Waals surface area (Å²) in [5, 5.41) is 1.31. The van der Waals surface area contributed by atoms with Gasteiger partial charge in [0.15, 0.2) is 0 Å². The molecule has 20 heavy (non-hydrogen) atoms. The van der Waals surface area contributed by atoms with Crippen molar-refractivity contribution in [3.63, 3.8) is 0 Å². The molecule has 1 aromatic heterocycles. The Morgan fingerprint density at radius 3 is 2.70 bits per heavy atom. The Bertz CT molecular complexity index is 617. The second-order valence-electron chi connectivity index (χ2n) is 5.38. The Kier molecular flexibility index (Phi) is 5.19. The molecule has 0 spiro atoms. The minimum absolute atomic E-state index is 0.643. The first-order valence-corrected chi connectivity index (χ1v) is 7.26. The number of nitrogens with two attached hydrogens (primary N) is 1. The van der Waals surface area contributed by atoms with Crippen LogP contribution in [0.1, 0.15) is 26.7 Å². The van der Waals surface area contributed by atoms with Gasteiger partial charge in [-0.2, -0.15) is 0 Å². The fourth-order valence-electron chi connectivity index (χ4n) is 2.46. The standard InChI is InChI=1S/C18H24N2/c1-15(10-12-19)6-5-7-16(2)14-20-13-11-17-8-3-4-9-18(17)20/h3-4,7-11,13H,5-6,12,14,19H2,1-2H3/b15-10+,16-7+. The molecule has 0 unspecified atom stereocenters. The summed E-state index contributed by atoms with van der Waals surface area (Å²) in [5.41, 5.74) is 9.60. The zero-order chi connectivity index (χ0) is 14.4. The molecule has 0 aliphatic heterocycles. The second-order valence-corrected chi connectivity index (χ2v) is 5.38. The summed E-state index contributed by atoms with van der Waals surface area (Å²) in [5.74, 6) is 0. The third-order valence-corrected chi connectivity index (χ3v) is 3.60. The second kappa shape index (κ2) is 7.11. The van der Waals surface area contributed by atoms with E-state index >= 15 is 0 Å². The summed E-state index contributed by atoms with van der Waals surface area (Å²) < 4.78 is 2.31. The predicted molar refractivity (Wildman–Crippen MR) is 87.7 cm³/mol. The quantitative estimate of drug-likeness (QED) is 0.779. The van der Waals surface area contributed by atoms with Crippen LogP contribution >= 0.6 is 0 Å². The van der Waals surface area contributed by atoms with Crippen LogP contribution in [0, 0.1) is 0 Å². The van der Waals surface area contributed by atoms with Crippen molar-refractivity contribution in [3.8, 4) is 0 Å². The first kappa shape index (κ1) is 14.6.